The number of hydrogen-bond donors (Lipinski definition) is 2. The average Bonchev–Trinajstić information content (AvgIpc) is 1.98. The van der Waals surface area contributed by atoms with Crippen molar-refractivity contribution in [1.29, 1.82) is 0 Å². The van der Waals surface area contributed by atoms with Crippen molar-refractivity contribution in [3.63, 3.8) is 0 Å². The van der Waals surface area contributed by atoms with Gasteiger partial charge in [-0.2, -0.15) is 0 Å². The van der Waals surface area contributed by atoms with Crippen LogP contribution in [-0.2, 0) is 9.59 Å². The summed E-state index contributed by atoms with van der Waals surface area (Å²) in [4.78, 5) is 20.8. The van der Waals surface area contributed by atoms with Gasteiger partial charge in [-0.05, 0) is 13.3 Å². The molecule has 0 spiro atoms. The van der Waals surface area contributed by atoms with Crippen molar-refractivity contribution in [2.45, 2.75) is 26.7 Å². The molecule has 0 aromatic carbocycles. The first-order valence-electron chi connectivity index (χ1n) is 3.62. The fourth-order valence-corrected chi connectivity index (χ4v) is 0.774. The van der Waals surface area contributed by atoms with Crippen LogP contribution in [0, 0.1) is 0 Å². The zero-order chi connectivity index (χ0) is 9.72. The van der Waals surface area contributed by atoms with Gasteiger partial charge in [-0.15, -0.1) is 0 Å². The van der Waals surface area contributed by atoms with Crippen LogP contribution in [0.4, 0.5) is 0 Å². The van der Waals surface area contributed by atoms with Crippen molar-refractivity contribution in [1.82, 2.24) is 0 Å². The monoisotopic (exact) mass is 172 g/mol. The van der Waals surface area contributed by atoms with E-state index in [-0.39, 0.29) is 5.57 Å². The minimum absolute atomic E-state index is 0.00926. The van der Waals surface area contributed by atoms with Gasteiger partial charge in [0, 0.05) is 5.57 Å². The lowest BCUT2D eigenvalue weighted by atomic mass is 10.0. The number of carboxylic acids is 2. The molecule has 4 nitrogen and oxygen atoms in total. The first kappa shape index (κ1) is 10.7. The number of hydrogen-bond acceptors (Lipinski definition) is 2. The van der Waals surface area contributed by atoms with Crippen LogP contribution in [0.3, 0.4) is 0 Å². The zero-order valence-corrected chi connectivity index (χ0v) is 7.13. The Hall–Kier alpha value is -1.32. The molecular weight excluding hydrogens is 160 g/mol. The summed E-state index contributed by atoms with van der Waals surface area (Å²) in [5.41, 5.74) is 0.606. The van der Waals surface area contributed by atoms with Crippen LogP contribution < -0.4 is 0 Å². The minimum atomic E-state index is -1.14. The predicted octanol–water partition coefficient (Wildman–Crippen LogP) is 1.27. The van der Waals surface area contributed by atoms with Crippen LogP contribution in [-0.4, -0.2) is 22.2 Å². The molecule has 0 aliphatic heterocycles. The molecule has 0 heterocycles. The summed E-state index contributed by atoms with van der Waals surface area (Å²) < 4.78 is 0. The Bertz CT molecular complexity index is 227. The maximum atomic E-state index is 10.5. The van der Waals surface area contributed by atoms with Gasteiger partial charge in [0.1, 0.15) is 0 Å². The van der Waals surface area contributed by atoms with E-state index < -0.39 is 18.4 Å². The van der Waals surface area contributed by atoms with Crippen molar-refractivity contribution < 1.29 is 19.8 Å². The van der Waals surface area contributed by atoms with Gasteiger partial charge in [-0.25, -0.2) is 4.79 Å². The van der Waals surface area contributed by atoms with Crippen molar-refractivity contribution in [2.24, 2.45) is 0 Å². The fourth-order valence-electron chi connectivity index (χ4n) is 0.774. The highest BCUT2D eigenvalue weighted by molar-refractivity contribution is 5.92. The molecule has 0 amide bonds. The molecule has 0 aromatic rings. The number of allylic oxidation sites excluding steroid dienone is 1. The molecule has 0 radical (unpaired) electrons. The van der Waals surface area contributed by atoms with E-state index in [1.165, 1.54) is 0 Å². The van der Waals surface area contributed by atoms with Crippen LogP contribution in [0.1, 0.15) is 26.7 Å². The third-order valence-electron chi connectivity index (χ3n) is 1.63. The van der Waals surface area contributed by atoms with E-state index in [0.29, 0.717) is 12.0 Å². The van der Waals surface area contributed by atoms with Crippen molar-refractivity contribution in [3.8, 4) is 0 Å². The standard InChI is InChI=1S/C8H12O4/c1-3-5(2)6(8(11)12)4-7(9)10/h3-4H2,1-2H3,(H,9,10)(H,11,12). The van der Waals surface area contributed by atoms with E-state index in [1.54, 1.807) is 13.8 Å². The van der Waals surface area contributed by atoms with Gasteiger partial charge in [0.15, 0.2) is 0 Å². The summed E-state index contributed by atoms with van der Waals surface area (Å²) in [6, 6.07) is 0. The molecule has 0 fully saturated rings. The summed E-state index contributed by atoms with van der Waals surface area (Å²) in [6.07, 6.45) is 0.157. The molecule has 4 heteroatoms. The molecule has 0 saturated heterocycles. The Morgan fingerprint density at radius 2 is 1.75 bits per heavy atom. The topological polar surface area (TPSA) is 74.6 Å². The first-order chi connectivity index (χ1) is 5.49. The molecule has 0 aromatic heterocycles. The Morgan fingerprint density at radius 3 is 2.00 bits per heavy atom. The van der Waals surface area contributed by atoms with Gasteiger partial charge < -0.3 is 10.2 Å². The number of carbonyl (C=O) groups is 2. The first-order valence-corrected chi connectivity index (χ1v) is 3.62. The lowest BCUT2D eigenvalue weighted by molar-refractivity contribution is -0.139. The molecule has 0 saturated carbocycles. The molecular formula is C8H12O4. The second kappa shape index (κ2) is 4.54. The molecule has 0 bridgehead atoms. The molecule has 68 valence electrons. The molecule has 12 heavy (non-hydrogen) atoms. The second-order valence-corrected chi connectivity index (χ2v) is 2.49. The molecule has 0 aliphatic rings. The summed E-state index contributed by atoms with van der Waals surface area (Å²) in [6.45, 7) is 3.42. The van der Waals surface area contributed by atoms with Gasteiger partial charge >= 0.3 is 11.9 Å². The van der Waals surface area contributed by atoms with E-state index in [1.807, 2.05) is 0 Å². The van der Waals surface area contributed by atoms with Crippen LogP contribution in [0.5, 0.6) is 0 Å². The van der Waals surface area contributed by atoms with Crippen molar-refractivity contribution >= 4 is 11.9 Å². The molecule has 0 aliphatic carbocycles. The van der Waals surface area contributed by atoms with E-state index in [0.717, 1.165) is 0 Å². The van der Waals surface area contributed by atoms with Crippen LogP contribution >= 0.6 is 0 Å². The van der Waals surface area contributed by atoms with Gasteiger partial charge in [-0.3, -0.25) is 4.79 Å². The normalized spacial score (nSPS) is 12.2. The van der Waals surface area contributed by atoms with Crippen molar-refractivity contribution in [2.75, 3.05) is 0 Å². The zero-order valence-electron chi connectivity index (χ0n) is 7.13. The van der Waals surface area contributed by atoms with Gasteiger partial charge in [-0.1, -0.05) is 12.5 Å². The Labute approximate surface area is 70.5 Å². The quantitative estimate of drug-likeness (QED) is 0.626. The summed E-state index contributed by atoms with van der Waals surface area (Å²) in [5.74, 6) is -2.25. The highest BCUT2D eigenvalue weighted by Crippen LogP contribution is 2.11. The van der Waals surface area contributed by atoms with Gasteiger partial charge in [0.25, 0.3) is 0 Å². The highest BCUT2D eigenvalue weighted by atomic mass is 16.4. The predicted molar refractivity (Wildman–Crippen MR) is 42.9 cm³/mol. The SMILES string of the molecule is CCC(C)=C(CC(=O)O)C(=O)O. The van der Waals surface area contributed by atoms with Gasteiger partial charge in [0.05, 0.1) is 6.42 Å². The average molecular weight is 172 g/mol. The number of carboxylic acid groups (broad SMARTS) is 2. The highest BCUT2D eigenvalue weighted by Gasteiger charge is 2.13. The summed E-state index contributed by atoms with van der Waals surface area (Å²) in [5, 5.41) is 17.0. The maximum absolute atomic E-state index is 10.5. The second-order valence-electron chi connectivity index (χ2n) is 2.49. The third-order valence-corrected chi connectivity index (χ3v) is 1.63. The van der Waals surface area contributed by atoms with Crippen LogP contribution in [0.2, 0.25) is 0 Å². The van der Waals surface area contributed by atoms with Crippen LogP contribution in [0.25, 0.3) is 0 Å². The Balaban J connectivity index is 4.66. The van der Waals surface area contributed by atoms with E-state index in [9.17, 15) is 9.59 Å². The lowest BCUT2D eigenvalue weighted by Crippen LogP contribution is -2.08. The summed E-state index contributed by atoms with van der Waals surface area (Å²) in [7, 11) is 0. The number of rotatable bonds is 4. The number of aliphatic carboxylic acids is 2. The lowest BCUT2D eigenvalue weighted by Gasteiger charge is -2.02. The third kappa shape index (κ3) is 3.18. The molecule has 2 N–H and O–H groups in total. The van der Waals surface area contributed by atoms with E-state index in [2.05, 4.69) is 0 Å². The minimum Gasteiger partial charge on any atom is -0.481 e. The van der Waals surface area contributed by atoms with E-state index >= 15 is 0 Å². The largest absolute Gasteiger partial charge is 0.481 e. The maximum Gasteiger partial charge on any atom is 0.332 e. The van der Waals surface area contributed by atoms with Crippen molar-refractivity contribution in [3.05, 3.63) is 11.1 Å². The van der Waals surface area contributed by atoms with Gasteiger partial charge in [0.2, 0.25) is 0 Å². The Morgan fingerprint density at radius 1 is 1.25 bits per heavy atom. The molecule has 0 atom stereocenters. The Kier molecular flexibility index (Phi) is 4.04. The summed E-state index contributed by atoms with van der Waals surface area (Å²) >= 11 is 0. The van der Waals surface area contributed by atoms with E-state index in [4.69, 9.17) is 10.2 Å². The fraction of sp³-hybridized carbons (Fsp3) is 0.500. The smallest absolute Gasteiger partial charge is 0.332 e. The molecule has 0 unspecified atom stereocenters. The molecule has 0 rings (SSSR count). The van der Waals surface area contributed by atoms with Crippen LogP contribution in [0.15, 0.2) is 11.1 Å².